The molecule has 0 unspecified atom stereocenters. The van der Waals surface area contributed by atoms with Gasteiger partial charge in [-0.15, -0.1) is 0 Å². The van der Waals surface area contributed by atoms with Gasteiger partial charge in [-0.3, -0.25) is 29.8 Å². The number of urea groups is 1. The topological polar surface area (TPSA) is 243 Å². The molecule has 1 aliphatic heterocycles. The number of amides is 4. The molecule has 1 saturated heterocycles. The van der Waals surface area contributed by atoms with Gasteiger partial charge in [0.25, 0.3) is 23.2 Å². The standard InChI is InChI=1S/C27H18N4O13.2K/c1-43-21-8-3-13(10-22(21)44-2)9-18-23(32)28(14-4-6-16(25(34)35)19(11-14)30(39)40)27(38)29(24(18)33)15-5-7-17(26(36)37)20(12-15)31(41)42;;/h3-12H,1-2H3,(H,34,35)(H,36,37);;/q;2*+1/p-2. The second-order valence-corrected chi connectivity index (χ2v) is 8.73. The first kappa shape index (κ1) is 38.8. The van der Waals surface area contributed by atoms with Crippen LogP contribution in [0, 0.1) is 20.2 Å². The molecule has 17 nitrogen and oxygen atoms in total. The number of nitrogens with zero attached hydrogens (tertiary/aromatic N) is 4. The molecular weight excluding hydrogens is 667 g/mol. The fraction of sp³-hybridized carbons (Fsp3) is 0.0741. The molecule has 0 saturated carbocycles. The number of carboxylic acid groups (broad SMARTS) is 2. The number of imide groups is 2. The molecule has 0 spiro atoms. The Labute approximate surface area is 342 Å². The molecule has 3 aromatic carbocycles. The van der Waals surface area contributed by atoms with Gasteiger partial charge < -0.3 is 29.3 Å². The Balaban J connectivity index is 0.00000368. The second-order valence-electron chi connectivity index (χ2n) is 8.73. The van der Waals surface area contributed by atoms with Crippen LogP contribution < -0.4 is 132 Å². The van der Waals surface area contributed by atoms with E-state index in [0.717, 1.165) is 18.2 Å². The minimum atomic E-state index is -1.93. The predicted molar refractivity (Wildman–Crippen MR) is 143 cm³/mol. The Morgan fingerprint density at radius 1 is 0.696 bits per heavy atom. The first-order chi connectivity index (χ1) is 20.8. The number of anilines is 2. The molecule has 1 heterocycles. The van der Waals surface area contributed by atoms with E-state index in [9.17, 15) is 54.4 Å². The number of hydrogen-bond donors (Lipinski definition) is 0. The van der Waals surface area contributed by atoms with Crippen molar-refractivity contribution in [3.63, 3.8) is 0 Å². The molecule has 0 aromatic heterocycles. The van der Waals surface area contributed by atoms with Gasteiger partial charge in [-0.05, 0) is 48.0 Å². The van der Waals surface area contributed by atoms with Gasteiger partial charge in [-0.1, -0.05) is 6.07 Å². The molecular formula is C27H16K2N4O13. The van der Waals surface area contributed by atoms with Crippen LogP contribution in [0.2, 0.25) is 0 Å². The molecule has 19 heteroatoms. The molecule has 0 atom stereocenters. The van der Waals surface area contributed by atoms with Crippen molar-refractivity contribution in [2.75, 3.05) is 24.0 Å². The van der Waals surface area contributed by atoms with E-state index in [1.165, 1.54) is 32.4 Å². The number of rotatable bonds is 9. The van der Waals surface area contributed by atoms with Gasteiger partial charge in [0.05, 0.1) is 58.5 Å². The van der Waals surface area contributed by atoms with E-state index < -0.39 is 79.1 Å². The molecule has 224 valence electrons. The van der Waals surface area contributed by atoms with E-state index in [2.05, 4.69) is 0 Å². The summed E-state index contributed by atoms with van der Waals surface area (Å²) in [5, 5.41) is 45.9. The summed E-state index contributed by atoms with van der Waals surface area (Å²) in [6, 6.07) is 7.09. The van der Waals surface area contributed by atoms with Crippen LogP contribution in [0.4, 0.5) is 27.5 Å². The number of nitro groups is 2. The maximum Gasteiger partial charge on any atom is 1.00 e. The van der Waals surface area contributed by atoms with Crippen LogP contribution in [-0.4, -0.2) is 53.9 Å². The third kappa shape index (κ3) is 7.60. The van der Waals surface area contributed by atoms with Gasteiger partial charge in [0.1, 0.15) is 5.57 Å². The van der Waals surface area contributed by atoms with Crippen LogP contribution in [0.5, 0.6) is 11.5 Å². The molecule has 1 fully saturated rings. The van der Waals surface area contributed by atoms with E-state index in [0.29, 0.717) is 34.1 Å². The van der Waals surface area contributed by atoms with Crippen molar-refractivity contribution >= 4 is 58.6 Å². The Bertz CT molecular complexity index is 1740. The number of barbiturate groups is 1. The normalized spacial score (nSPS) is 12.5. The Morgan fingerprint density at radius 3 is 1.50 bits per heavy atom. The number of carbonyl (C=O) groups is 5. The minimum Gasteiger partial charge on any atom is -0.545 e. The van der Waals surface area contributed by atoms with Crippen molar-refractivity contribution in [3.8, 4) is 11.5 Å². The monoisotopic (exact) mass is 682 g/mol. The van der Waals surface area contributed by atoms with Crippen LogP contribution in [-0.2, 0) is 9.59 Å². The van der Waals surface area contributed by atoms with Crippen molar-refractivity contribution in [2.24, 2.45) is 0 Å². The minimum absolute atomic E-state index is 0. The molecule has 46 heavy (non-hydrogen) atoms. The van der Waals surface area contributed by atoms with Gasteiger partial charge in [0.2, 0.25) is 0 Å². The second kappa shape index (κ2) is 15.9. The van der Waals surface area contributed by atoms with Crippen molar-refractivity contribution < 1.29 is 156 Å². The molecule has 0 aliphatic carbocycles. The number of nitro benzene ring substituents is 2. The zero-order chi connectivity index (χ0) is 32.5. The summed E-state index contributed by atoms with van der Waals surface area (Å²) in [6.45, 7) is 0. The van der Waals surface area contributed by atoms with Crippen LogP contribution >= 0.6 is 0 Å². The van der Waals surface area contributed by atoms with Crippen molar-refractivity contribution in [3.05, 3.63) is 97.1 Å². The third-order valence-electron chi connectivity index (χ3n) is 6.28. The van der Waals surface area contributed by atoms with Gasteiger partial charge in [0, 0.05) is 12.1 Å². The molecule has 0 N–H and O–H groups in total. The van der Waals surface area contributed by atoms with E-state index in [1.54, 1.807) is 0 Å². The maximum atomic E-state index is 13.7. The number of methoxy groups -OCH3 is 2. The van der Waals surface area contributed by atoms with Gasteiger partial charge in [-0.2, -0.15) is 0 Å². The zero-order valence-electron chi connectivity index (χ0n) is 24.4. The average molecular weight is 683 g/mol. The summed E-state index contributed by atoms with van der Waals surface area (Å²) in [4.78, 5) is 85.4. The van der Waals surface area contributed by atoms with Crippen molar-refractivity contribution in [1.82, 2.24) is 0 Å². The molecule has 1 aliphatic rings. The average Bonchev–Trinajstić information content (AvgIpc) is 2.98. The van der Waals surface area contributed by atoms with Crippen LogP contribution in [0.25, 0.3) is 6.08 Å². The summed E-state index contributed by atoms with van der Waals surface area (Å²) in [6.07, 6.45) is 1.03. The maximum absolute atomic E-state index is 13.7. The van der Waals surface area contributed by atoms with Gasteiger partial charge >= 0.3 is 109 Å². The first-order valence-corrected chi connectivity index (χ1v) is 12.0. The van der Waals surface area contributed by atoms with Crippen LogP contribution in [0.15, 0.2) is 60.2 Å². The van der Waals surface area contributed by atoms with Crippen LogP contribution in [0.3, 0.4) is 0 Å². The molecule has 4 rings (SSSR count). The largest absolute Gasteiger partial charge is 1.00 e. The quantitative estimate of drug-likeness (QED) is 0.0675. The Kier molecular flexibility index (Phi) is 13.5. The number of carbonyl (C=O) groups excluding carboxylic acids is 5. The number of aromatic carboxylic acids is 2. The third-order valence-corrected chi connectivity index (χ3v) is 6.28. The fourth-order valence-electron chi connectivity index (χ4n) is 4.26. The summed E-state index contributed by atoms with van der Waals surface area (Å²) in [5.74, 6) is -5.99. The SMILES string of the molecule is COc1ccc(C=C2C(=O)N(c3ccc(C(=O)[O-])c([N+](=O)[O-])c3)C(=O)N(c3ccc(C(=O)[O-])c([N+](=O)[O-])c3)C2=O)cc1OC.[K+].[K+]. The molecule has 0 bridgehead atoms. The number of carboxylic acids is 2. The summed E-state index contributed by atoms with van der Waals surface area (Å²) < 4.78 is 10.4. The molecule has 3 aromatic rings. The summed E-state index contributed by atoms with van der Waals surface area (Å²) in [7, 11) is 2.68. The van der Waals surface area contributed by atoms with Gasteiger partial charge in [-0.25, -0.2) is 14.6 Å². The summed E-state index contributed by atoms with van der Waals surface area (Å²) >= 11 is 0. The number of benzene rings is 3. The van der Waals surface area contributed by atoms with Crippen LogP contribution in [0.1, 0.15) is 26.3 Å². The summed E-state index contributed by atoms with van der Waals surface area (Å²) in [5.41, 5.74) is -5.50. The first-order valence-electron chi connectivity index (χ1n) is 12.0. The van der Waals surface area contributed by atoms with E-state index in [1.807, 2.05) is 0 Å². The number of hydrogen-bond acceptors (Lipinski definition) is 13. The fourth-order valence-corrected chi connectivity index (χ4v) is 4.26. The smallest absolute Gasteiger partial charge is 0.545 e. The Morgan fingerprint density at radius 2 is 1.13 bits per heavy atom. The Hall–Kier alpha value is -3.38. The molecule has 0 radical (unpaired) electrons. The van der Waals surface area contributed by atoms with Crippen molar-refractivity contribution in [1.29, 1.82) is 0 Å². The van der Waals surface area contributed by atoms with E-state index in [-0.39, 0.29) is 120 Å². The number of ether oxygens (including phenoxy) is 2. The molecule has 4 amide bonds. The van der Waals surface area contributed by atoms with Crippen molar-refractivity contribution in [2.45, 2.75) is 0 Å². The van der Waals surface area contributed by atoms with E-state index in [4.69, 9.17) is 9.47 Å². The van der Waals surface area contributed by atoms with E-state index >= 15 is 0 Å². The predicted octanol–water partition coefficient (Wildman–Crippen LogP) is -5.16. The zero-order valence-corrected chi connectivity index (χ0v) is 30.6. The van der Waals surface area contributed by atoms with Gasteiger partial charge in [0.15, 0.2) is 11.5 Å².